The highest BCUT2D eigenvalue weighted by molar-refractivity contribution is 5.14. The van der Waals surface area contributed by atoms with Gasteiger partial charge < -0.3 is 5.32 Å². The van der Waals surface area contributed by atoms with Gasteiger partial charge in [0, 0.05) is 25.7 Å². The number of nitrogens with one attached hydrogen (secondary N) is 1. The molecule has 1 atom stereocenters. The van der Waals surface area contributed by atoms with Crippen molar-refractivity contribution >= 4 is 0 Å². The lowest BCUT2D eigenvalue weighted by molar-refractivity contribution is 0.273. The van der Waals surface area contributed by atoms with Gasteiger partial charge in [0.2, 0.25) is 0 Å². The fourth-order valence-electron chi connectivity index (χ4n) is 2.40. The molecule has 1 aliphatic rings. The summed E-state index contributed by atoms with van der Waals surface area (Å²) in [6, 6.07) is 11.5. The third kappa shape index (κ3) is 4.43. The lowest BCUT2D eigenvalue weighted by Gasteiger charge is -2.22. The maximum Gasteiger partial charge on any atom is 0.0234 e. The van der Waals surface area contributed by atoms with E-state index >= 15 is 0 Å². The molecule has 2 nitrogen and oxygen atoms in total. The Balaban J connectivity index is 1.68. The van der Waals surface area contributed by atoms with E-state index in [9.17, 15) is 0 Å². The summed E-state index contributed by atoms with van der Waals surface area (Å²) in [6.45, 7) is 9.00. The van der Waals surface area contributed by atoms with Crippen LogP contribution in [-0.2, 0) is 6.54 Å². The van der Waals surface area contributed by atoms with E-state index in [-0.39, 0.29) is 0 Å². The van der Waals surface area contributed by atoms with Crippen LogP contribution in [0, 0.1) is 5.92 Å². The predicted octanol–water partition coefficient (Wildman–Crippen LogP) is 2.90. The van der Waals surface area contributed by atoms with Gasteiger partial charge in [-0.1, -0.05) is 37.3 Å². The van der Waals surface area contributed by atoms with Crippen molar-refractivity contribution in [1.29, 1.82) is 0 Å². The van der Waals surface area contributed by atoms with E-state index in [1.807, 2.05) is 0 Å². The summed E-state index contributed by atoms with van der Waals surface area (Å²) in [6.07, 6.45) is 2.85. The van der Waals surface area contributed by atoms with E-state index in [2.05, 4.69) is 54.4 Å². The van der Waals surface area contributed by atoms with E-state index in [4.69, 9.17) is 0 Å². The van der Waals surface area contributed by atoms with Crippen LogP contribution >= 0.6 is 0 Å². The molecule has 0 bridgehead atoms. The molecule has 100 valence electrons. The molecule has 1 N–H and O–H groups in total. The first-order chi connectivity index (χ1) is 8.79. The molecule has 2 rings (SSSR count). The van der Waals surface area contributed by atoms with E-state index in [1.165, 1.54) is 18.4 Å². The Morgan fingerprint density at radius 1 is 1.28 bits per heavy atom. The molecule has 1 aromatic carbocycles. The Kier molecular flexibility index (Phi) is 5.21. The fourth-order valence-corrected chi connectivity index (χ4v) is 2.40. The normalized spacial score (nSPS) is 17.1. The molecule has 0 radical (unpaired) electrons. The number of likely N-dealkylation sites (N-methyl/N-ethyl adjacent to an activating group) is 1. The zero-order chi connectivity index (χ0) is 12.8. The maximum absolute atomic E-state index is 3.65. The van der Waals surface area contributed by atoms with Crippen molar-refractivity contribution in [3.63, 3.8) is 0 Å². The Morgan fingerprint density at radius 2 is 2.00 bits per heavy atom. The maximum atomic E-state index is 3.65. The molecule has 1 aliphatic carbocycles. The molecule has 0 heterocycles. The van der Waals surface area contributed by atoms with Crippen molar-refractivity contribution < 1.29 is 0 Å². The minimum Gasteiger partial charge on any atom is -0.313 e. The van der Waals surface area contributed by atoms with Crippen LogP contribution < -0.4 is 5.32 Å². The van der Waals surface area contributed by atoms with Gasteiger partial charge in [-0.15, -0.1) is 0 Å². The molecule has 0 aromatic heterocycles. The number of hydrogen-bond acceptors (Lipinski definition) is 2. The average molecular weight is 246 g/mol. The van der Waals surface area contributed by atoms with E-state index in [1.54, 1.807) is 0 Å². The van der Waals surface area contributed by atoms with E-state index in [0.29, 0.717) is 6.04 Å². The standard InChI is InChI=1S/C16H26N2/c1-3-18(13-15-7-5-4-6-8-15)12-11-17-14(2)16-9-10-16/h4-8,14,16-17H,3,9-13H2,1-2H3. The second-order valence-electron chi connectivity index (χ2n) is 5.43. The number of nitrogens with zero attached hydrogens (tertiary/aromatic N) is 1. The van der Waals surface area contributed by atoms with Crippen LogP contribution in [0.25, 0.3) is 0 Å². The van der Waals surface area contributed by atoms with Crippen molar-refractivity contribution in [1.82, 2.24) is 10.2 Å². The zero-order valence-electron chi connectivity index (χ0n) is 11.7. The number of hydrogen-bond donors (Lipinski definition) is 1. The summed E-state index contributed by atoms with van der Waals surface area (Å²) in [5, 5.41) is 3.65. The van der Waals surface area contributed by atoms with E-state index < -0.39 is 0 Å². The lowest BCUT2D eigenvalue weighted by Crippen LogP contribution is -2.36. The summed E-state index contributed by atoms with van der Waals surface area (Å²) in [7, 11) is 0. The highest BCUT2D eigenvalue weighted by Gasteiger charge is 2.27. The average Bonchev–Trinajstić information content (AvgIpc) is 3.23. The smallest absolute Gasteiger partial charge is 0.0234 e. The van der Waals surface area contributed by atoms with Gasteiger partial charge >= 0.3 is 0 Å². The van der Waals surface area contributed by atoms with Crippen LogP contribution in [0.4, 0.5) is 0 Å². The molecule has 2 heteroatoms. The van der Waals surface area contributed by atoms with Crippen LogP contribution in [0.5, 0.6) is 0 Å². The Labute approximate surface area is 111 Å². The third-order valence-electron chi connectivity index (χ3n) is 3.92. The first-order valence-corrected chi connectivity index (χ1v) is 7.29. The van der Waals surface area contributed by atoms with Crippen LogP contribution in [0.15, 0.2) is 30.3 Å². The zero-order valence-corrected chi connectivity index (χ0v) is 11.7. The minimum absolute atomic E-state index is 0.709. The first kappa shape index (κ1) is 13.6. The Bertz CT molecular complexity index is 332. The SMILES string of the molecule is CCN(CCNC(C)C1CC1)Cc1ccccc1. The highest BCUT2D eigenvalue weighted by atomic mass is 15.1. The van der Waals surface area contributed by atoms with Gasteiger partial charge in [0.15, 0.2) is 0 Å². The Hall–Kier alpha value is -0.860. The van der Waals surface area contributed by atoms with Crippen molar-refractivity contribution in [3.05, 3.63) is 35.9 Å². The molecule has 0 amide bonds. The first-order valence-electron chi connectivity index (χ1n) is 7.29. The predicted molar refractivity (Wildman–Crippen MR) is 77.6 cm³/mol. The quantitative estimate of drug-likeness (QED) is 0.759. The Morgan fingerprint density at radius 3 is 2.61 bits per heavy atom. The summed E-state index contributed by atoms with van der Waals surface area (Å²) < 4.78 is 0. The molecule has 0 spiro atoms. The molecule has 18 heavy (non-hydrogen) atoms. The molecular formula is C16H26N2. The molecule has 1 fully saturated rings. The van der Waals surface area contributed by atoms with Crippen molar-refractivity contribution in [3.8, 4) is 0 Å². The molecule has 1 saturated carbocycles. The van der Waals surface area contributed by atoms with E-state index in [0.717, 1.165) is 32.1 Å². The number of benzene rings is 1. The van der Waals surface area contributed by atoms with Gasteiger partial charge in [-0.3, -0.25) is 4.90 Å². The van der Waals surface area contributed by atoms with Crippen LogP contribution in [0.1, 0.15) is 32.3 Å². The van der Waals surface area contributed by atoms with Crippen molar-refractivity contribution in [2.45, 2.75) is 39.3 Å². The fraction of sp³-hybridized carbons (Fsp3) is 0.625. The second-order valence-corrected chi connectivity index (χ2v) is 5.43. The summed E-state index contributed by atoms with van der Waals surface area (Å²) in [5.74, 6) is 0.953. The van der Waals surface area contributed by atoms with Gasteiger partial charge in [-0.2, -0.15) is 0 Å². The van der Waals surface area contributed by atoms with Crippen LogP contribution in [0.3, 0.4) is 0 Å². The summed E-state index contributed by atoms with van der Waals surface area (Å²) in [5.41, 5.74) is 1.41. The highest BCUT2D eigenvalue weighted by Crippen LogP contribution is 2.32. The van der Waals surface area contributed by atoms with Gasteiger partial charge in [-0.25, -0.2) is 0 Å². The van der Waals surface area contributed by atoms with Crippen molar-refractivity contribution in [2.75, 3.05) is 19.6 Å². The molecule has 0 saturated heterocycles. The molecule has 1 unspecified atom stereocenters. The third-order valence-corrected chi connectivity index (χ3v) is 3.92. The second kappa shape index (κ2) is 6.91. The van der Waals surface area contributed by atoms with Crippen molar-refractivity contribution in [2.24, 2.45) is 5.92 Å². The molecular weight excluding hydrogens is 220 g/mol. The van der Waals surface area contributed by atoms with Gasteiger partial charge in [0.05, 0.1) is 0 Å². The topological polar surface area (TPSA) is 15.3 Å². The van der Waals surface area contributed by atoms with Gasteiger partial charge in [0.1, 0.15) is 0 Å². The monoisotopic (exact) mass is 246 g/mol. The van der Waals surface area contributed by atoms with Gasteiger partial charge in [-0.05, 0) is 37.8 Å². The molecule has 0 aliphatic heterocycles. The minimum atomic E-state index is 0.709. The summed E-state index contributed by atoms with van der Waals surface area (Å²) in [4.78, 5) is 2.50. The summed E-state index contributed by atoms with van der Waals surface area (Å²) >= 11 is 0. The van der Waals surface area contributed by atoms with Crippen LogP contribution in [0.2, 0.25) is 0 Å². The number of rotatable bonds is 8. The molecule has 1 aromatic rings. The largest absolute Gasteiger partial charge is 0.313 e. The van der Waals surface area contributed by atoms with Gasteiger partial charge in [0.25, 0.3) is 0 Å². The van der Waals surface area contributed by atoms with Crippen LogP contribution in [-0.4, -0.2) is 30.6 Å². The lowest BCUT2D eigenvalue weighted by atomic mass is 10.2.